The maximum atomic E-state index is 8.99. The highest BCUT2D eigenvalue weighted by Crippen LogP contribution is 1.32. The molecule has 26 valence electrons. The van der Waals surface area contributed by atoms with Gasteiger partial charge in [0.25, 0.3) is 6.47 Å². The Morgan fingerprint density at radius 1 is 1.80 bits per heavy atom. The van der Waals surface area contributed by atoms with Crippen LogP contribution in [0, 0.1) is 0 Å². The zero-order chi connectivity index (χ0) is 3.41. The number of hydrogen-bond donors (Lipinski definition) is 0. The minimum Gasteiger partial charge on any atom is -0.624 e. The fourth-order valence-corrected chi connectivity index (χ4v) is 0. The third kappa shape index (κ3) is 11.7. The van der Waals surface area contributed by atoms with Gasteiger partial charge in [-0.15, -0.1) is 0 Å². The predicted octanol–water partition coefficient (Wildman–Crippen LogP) is -2.21. The van der Waals surface area contributed by atoms with Crippen molar-refractivity contribution in [3.63, 3.8) is 0 Å². The molecule has 0 saturated carbocycles. The molecule has 0 aromatic heterocycles. The molecule has 0 bridgehead atoms. The van der Waals surface area contributed by atoms with Crippen molar-refractivity contribution >= 4 is 46.1 Å². The molecule has 0 aliphatic rings. The largest absolute Gasteiger partial charge is 0.624 e. The summed E-state index contributed by atoms with van der Waals surface area (Å²) in [6.07, 6.45) is 0. The van der Waals surface area contributed by atoms with Crippen LogP contribution in [0.3, 0.4) is 0 Å². The molecule has 2 nitrogen and oxygen atoms in total. The Kier molecular flexibility index (Phi) is 16.3. The van der Waals surface area contributed by atoms with Gasteiger partial charge >= 0.3 is 39.7 Å². The molecule has 0 rings (SSSR count). The van der Waals surface area contributed by atoms with Gasteiger partial charge in [-0.25, -0.2) is 0 Å². The Morgan fingerprint density at radius 3 is 2.00 bits per heavy atom. The molecule has 0 aliphatic heterocycles. The van der Waals surface area contributed by atoms with Crippen molar-refractivity contribution in [2.45, 2.75) is 0 Å². The van der Waals surface area contributed by atoms with Crippen LogP contribution in [0.5, 0.6) is 0 Å². The highest BCUT2D eigenvalue weighted by Gasteiger charge is 1.48. The van der Waals surface area contributed by atoms with Gasteiger partial charge in [0.2, 0.25) is 0 Å². The molecular weight excluding hydrogens is 95.3 g/mol. The van der Waals surface area contributed by atoms with Crippen molar-refractivity contribution in [1.82, 2.24) is 0 Å². The van der Waals surface area contributed by atoms with Crippen molar-refractivity contribution in [3.05, 3.63) is 0 Å². The Morgan fingerprint density at radius 2 is 2.00 bits per heavy atom. The average molecular weight is 100 g/mol. The first-order valence-corrected chi connectivity index (χ1v) is 1.70. The quantitative estimate of drug-likeness (QED) is 0.276. The molecule has 0 amide bonds. The fourth-order valence-electron chi connectivity index (χ4n) is 0. The van der Waals surface area contributed by atoms with Gasteiger partial charge in [0, 0.05) is 0 Å². The normalized spacial score (nSPS) is 4.00. The monoisotopic (exact) mass is 100.0 g/mol. The van der Waals surface area contributed by atoms with Crippen LogP contribution in [0.15, 0.2) is 0 Å². The van der Waals surface area contributed by atoms with Gasteiger partial charge in [-0.05, 0) is 0 Å². The molecule has 0 fully saturated rings. The standard InChI is InChI=1S/CH2O2.Al.Mg.4H/c2-1-3;;;;;;/h1H,(H,2,3);;;;;;/q;+1;;;;;/p-1. The second-order valence-electron chi connectivity index (χ2n) is 0.332. The summed E-state index contributed by atoms with van der Waals surface area (Å²) in [6.45, 7) is 0.437. The minimum atomic E-state index is 0. The number of hydrogen-bond acceptors (Lipinski definition) is 2. The van der Waals surface area contributed by atoms with Crippen LogP contribution in [-0.2, 0) is 8.58 Å². The van der Waals surface area contributed by atoms with Crippen LogP contribution in [0.2, 0.25) is 0 Å². The molecule has 4 heteroatoms. The summed E-state index contributed by atoms with van der Waals surface area (Å²) >= 11 is 0.522. The van der Waals surface area contributed by atoms with Gasteiger partial charge in [-0.3, -0.25) is 4.79 Å². The van der Waals surface area contributed by atoms with Crippen LogP contribution in [-0.4, -0.2) is 46.1 Å². The van der Waals surface area contributed by atoms with Crippen molar-refractivity contribution in [2.24, 2.45) is 0 Å². The van der Waals surface area contributed by atoms with E-state index in [0.717, 1.165) is 0 Å². The summed E-state index contributed by atoms with van der Waals surface area (Å²) in [7, 11) is 0. The molecule has 0 radical (unpaired) electrons. The molecular formula is CH5AlMgO2. The second kappa shape index (κ2) is 8.84. The van der Waals surface area contributed by atoms with E-state index in [-0.39, 0.29) is 23.1 Å². The maximum absolute atomic E-state index is 8.99. The molecule has 0 aromatic carbocycles. The number of carbonyl (C=O) groups excluding carboxylic acids is 1. The van der Waals surface area contributed by atoms with Gasteiger partial charge in [0.15, 0.2) is 0 Å². The third-order valence-electron chi connectivity index (χ3n) is 0.0962. The molecule has 0 heterocycles. The van der Waals surface area contributed by atoms with Gasteiger partial charge in [0.05, 0.1) is 0 Å². The van der Waals surface area contributed by atoms with E-state index in [4.69, 9.17) is 4.79 Å². The van der Waals surface area contributed by atoms with Crippen LogP contribution >= 0.6 is 0 Å². The average Bonchev–Trinajstić information content (AvgIpc) is 1.37. The minimum absolute atomic E-state index is 0. The lowest BCUT2D eigenvalue weighted by molar-refractivity contribution is -0.120. The SMILES string of the molecule is O=C[O][AlH2].[MgH2]. The highest BCUT2D eigenvalue weighted by atomic mass is 27.1. The lowest BCUT2D eigenvalue weighted by Gasteiger charge is -1.70. The summed E-state index contributed by atoms with van der Waals surface area (Å²) in [6, 6.07) is 0. The summed E-state index contributed by atoms with van der Waals surface area (Å²) in [5, 5.41) is 0. The summed E-state index contributed by atoms with van der Waals surface area (Å²) in [5.74, 6) is 0. The zero-order valence-corrected chi connectivity index (χ0v) is 4.39. The number of carbonyl (C=O) groups is 1. The van der Waals surface area contributed by atoms with E-state index in [1.807, 2.05) is 0 Å². The Bertz CT molecular complexity index is 23.6. The first-order valence-electron chi connectivity index (χ1n) is 0.880. The maximum Gasteiger partial charge on any atom is 0.499 e. The number of rotatable bonds is 1. The summed E-state index contributed by atoms with van der Waals surface area (Å²) in [4.78, 5) is 8.99. The van der Waals surface area contributed by atoms with Crippen molar-refractivity contribution in [1.29, 1.82) is 0 Å². The molecule has 0 unspecified atom stereocenters. The molecule has 0 aliphatic carbocycles. The Hall–Kier alpha value is 0.769. The highest BCUT2D eigenvalue weighted by molar-refractivity contribution is 6.01. The van der Waals surface area contributed by atoms with E-state index in [1.54, 1.807) is 0 Å². The Labute approximate surface area is 54.8 Å². The topological polar surface area (TPSA) is 26.3 Å². The summed E-state index contributed by atoms with van der Waals surface area (Å²) < 4.78 is 4.00. The van der Waals surface area contributed by atoms with Crippen molar-refractivity contribution in [3.8, 4) is 0 Å². The molecule has 0 atom stereocenters. The zero-order valence-electron chi connectivity index (χ0n) is 2.39. The first-order chi connectivity index (χ1) is 1.91. The van der Waals surface area contributed by atoms with Gasteiger partial charge in [0.1, 0.15) is 0 Å². The first kappa shape index (κ1) is 9.24. The van der Waals surface area contributed by atoms with Crippen LogP contribution in [0.1, 0.15) is 0 Å². The van der Waals surface area contributed by atoms with E-state index in [2.05, 4.69) is 3.79 Å². The lowest BCUT2D eigenvalue weighted by Crippen LogP contribution is -1.71. The fraction of sp³-hybridized carbons (Fsp3) is 0. The smallest absolute Gasteiger partial charge is 0.499 e. The molecule has 0 spiro atoms. The molecule has 5 heavy (non-hydrogen) atoms. The molecule has 0 aromatic rings. The van der Waals surface area contributed by atoms with E-state index in [9.17, 15) is 0 Å². The lowest BCUT2D eigenvalue weighted by atomic mass is 11.7. The Balaban J connectivity index is 0. The van der Waals surface area contributed by atoms with E-state index < -0.39 is 0 Å². The van der Waals surface area contributed by atoms with E-state index in [1.165, 1.54) is 0 Å². The van der Waals surface area contributed by atoms with E-state index >= 15 is 0 Å². The van der Waals surface area contributed by atoms with Gasteiger partial charge in [-0.1, -0.05) is 0 Å². The van der Waals surface area contributed by atoms with E-state index in [0.29, 0.717) is 23.1 Å². The van der Waals surface area contributed by atoms with Crippen LogP contribution in [0.4, 0.5) is 0 Å². The molecule has 0 saturated heterocycles. The predicted molar refractivity (Wildman–Crippen MR) is 24.2 cm³/mol. The third-order valence-corrected chi connectivity index (χ3v) is 0.289. The second-order valence-corrected chi connectivity index (χ2v) is 0.803. The summed E-state index contributed by atoms with van der Waals surface area (Å²) in [5.41, 5.74) is 0. The van der Waals surface area contributed by atoms with Crippen LogP contribution < -0.4 is 0 Å². The van der Waals surface area contributed by atoms with Crippen molar-refractivity contribution in [2.75, 3.05) is 0 Å². The van der Waals surface area contributed by atoms with Gasteiger partial charge < -0.3 is 3.79 Å². The van der Waals surface area contributed by atoms with Gasteiger partial charge in [-0.2, -0.15) is 0 Å². The molecule has 0 N–H and O–H groups in total. The van der Waals surface area contributed by atoms with Crippen LogP contribution in [0.25, 0.3) is 0 Å². The van der Waals surface area contributed by atoms with Crippen molar-refractivity contribution < 1.29 is 8.58 Å².